The molecule has 7 nitrogen and oxygen atoms in total. The molecule has 1 N–H and O–H groups in total. The van der Waals surface area contributed by atoms with Crippen molar-refractivity contribution in [3.05, 3.63) is 35.4 Å². The quantitative estimate of drug-likeness (QED) is 0.822. The molecular weight excluding hydrogens is 370 g/mol. The minimum absolute atomic E-state index is 0.0361. The smallest absolute Gasteiger partial charge is 0.320 e. The first-order chi connectivity index (χ1) is 14.2. The molecule has 7 heteroatoms. The van der Waals surface area contributed by atoms with E-state index in [1.807, 2.05) is 9.80 Å². The van der Waals surface area contributed by atoms with Gasteiger partial charge in [0.05, 0.1) is 18.8 Å². The van der Waals surface area contributed by atoms with Gasteiger partial charge >= 0.3 is 6.03 Å². The van der Waals surface area contributed by atoms with E-state index in [0.29, 0.717) is 24.9 Å². The first-order valence-corrected chi connectivity index (χ1v) is 10.8. The van der Waals surface area contributed by atoms with E-state index in [9.17, 15) is 9.59 Å². The van der Waals surface area contributed by atoms with Crippen molar-refractivity contribution in [1.82, 2.24) is 15.1 Å². The average molecular weight is 399 g/mol. The highest BCUT2D eigenvalue weighted by Gasteiger charge is 2.40. The van der Waals surface area contributed by atoms with Crippen LogP contribution in [-0.2, 0) is 14.3 Å². The van der Waals surface area contributed by atoms with Gasteiger partial charge in [0, 0.05) is 44.6 Å². The summed E-state index contributed by atoms with van der Waals surface area (Å²) >= 11 is 0. The number of nitrogens with zero attached hydrogens (tertiary/aromatic N) is 2. The maximum atomic E-state index is 12.9. The summed E-state index contributed by atoms with van der Waals surface area (Å²) in [6.45, 7) is 4.60. The fraction of sp³-hybridized carbons (Fsp3) is 0.636. The molecule has 0 aliphatic carbocycles. The van der Waals surface area contributed by atoms with E-state index in [2.05, 4.69) is 29.6 Å². The third-order valence-electron chi connectivity index (χ3n) is 6.79. The van der Waals surface area contributed by atoms with Gasteiger partial charge in [-0.05, 0) is 30.4 Å². The second-order valence-corrected chi connectivity index (χ2v) is 8.72. The van der Waals surface area contributed by atoms with Gasteiger partial charge < -0.3 is 24.6 Å². The molecule has 0 spiro atoms. The number of urea groups is 1. The minimum atomic E-state index is -0.0900. The lowest BCUT2D eigenvalue weighted by Crippen LogP contribution is -2.63. The Hall–Kier alpha value is -2.12. The van der Waals surface area contributed by atoms with Gasteiger partial charge in [0.15, 0.2) is 0 Å². The Morgan fingerprint density at radius 2 is 1.76 bits per heavy atom. The van der Waals surface area contributed by atoms with Crippen LogP contribution in [0.5, 0.6) is 0 Å². The van der Waals surface area contributed by atoms with Crippen LogP contribution in [0.15, 0.2) is 24.3 Å². The summed E-state index contributed by atoms with van der Waals surface area (Å²) < 4.78 is 11.2. The molecule has 4 saturated heterocycles. The zero-order chi connectivity index (χ0) is 19.8. The van der Waals surface area contributed by atoms with Gasteiger partial charge in [-0.3, -0.25) is 4.79 Å². The van der Waals surface area contributed by atoms with E-state index in [1.165, 1.54) is 17.5 Å². The molecule has 3 amide bonds. The number of rotatable bonds is 2. The Kier molecular flexibility index (Phi) is 5.18. The molecule has 156 valence electrons. The maximum absolute atomic E-state index is 12.9. The molecule has 4 fully saturated rings. The van der Waals surface area contributed by atoms with Gasteiger partial charge in [-0.2, -0.15) is 0 Å². The van der Waals surface area contributed by atoms with Crippen molar-refractivity contribution in [3.8, 4) is 0 Å². The van der Waals surface area contributed by atoms with Crippen molar-refractivity contribution >= 4 is 11.9 Å². The van der Waals surface area contributed by atoms with Crippen LogP contribution in [0, 0.1) is 0 Å². The molecule has 5 rings (SSSR count). The normalized spacial score (nSPS) is 30.3. The molecule has 0 bridgehead atoms. The predicted molar refractivity (Wildman–Crippen MR) is 107 cm³/mol. The van der Waals surface area contributed by atoms with Gasteiger partial charge in [-0.1, -0.05) is 24.3 Å². The Morgan fingerprint density at radius 3 is 2.48 bits per heavy atom. The molecule has 0 radical (unpaired) electrons. The van der Waals surface area contributed by atoms with Crippen molar-refractivity contribution in [2.45, 2.75) is 43.2 Å². The summed E-state index contributed by atoms with van der Waals surface area (Å²) in [5, 5.41) is 2.96. The average Bonchev–Trinajstić information content (AvgIpc) is 2.73. The summed E-state index contributed by atoms with van der Waals surface area (Å²) in [4.78, 5) is 28.2. The van der Waals surface area contributed by atoms with Crippen LogP contribution in [-0.4, -0.2) is 79.9 Å². The van der Waals surface area contributed by atoms with E-state index in [4.69, 9.17) is 9.47 Å². The maximum Gasteiger partial charge on any atom is 0.320 e. The van der Waals surface area contributed by atoms with Crippen LogP contribution >= 0.6 is 0 Å². The summed E-state index contributed by atoms with van der Waals surface area (Å²) in [7, 11) is 0. The molecular formula is C22H29N3O4. The third-order valence-corrected chi connectivity index (χ3v) is 6.79. The SMILES string of the molecule is O=C1COC2CCN(C(=O)N3CC(c4ccc(C5CCCOC5)cc4)C3)CC2N1. The van der Waals surface area contributed by atoms with E-state index >= 15 is 0 Å². The fourth-order valence-electron chi connectivity index (χ4n) is 4.96. The summed E-state index contributed by atoms with van der Waals surface area (Å²) in [6.07, 6.45) is 3.16. The predicted octanol–water partition coefficient (Wildman–Crippen LogP) is 1.69. The molecule has 1 aromatic carbocycles. The Bertz CT molecular complexity index is 756. The highest BCUT2D eigenvalue weighted by atomic mass is 16.5. The second kappa shape index (κ2) is 7.95. The fourth-order valence-corrected chi connectivity index (χ4v) is 4.96. The number of nitrogens with one attached hydrogen (secondary N) is 1. The number of carbonyl (C=O) groups excluding carboxylic acids is 2. The highest BCUT2D eigenvalue weighted by Crippen LogP contribution is 2.31. The zero-order valence-corrected chi connectivity index (χ0v) is 16.7. The number of amides is 3. The molecule has 3 atom stereocenters. The molecule has 1 aromatic rings. The summed E-state index contributed by atoms with van der Waals surface area (Å²) in [6, 6.07) is 8.90. The van der Waals surface area contributed by atoms with Crippen LogP contribution in [0.1, 0.15) is 42.2 Å². The van der Waals surface area contributed by atoms with E-state index < -0.39 is 0 Å². The van der Waals surface area contributed by atoms with Gasteiger partial charge in [-0.25, -0.2) is 4.79 Å². The number of benzene rings is 1. The van der Waals surface area contributed by atoms with E-state index in [0.717, 1.165) is 39.1 Å². The number of piperidine rings is 1. The van der Waals surface area contributed by atoms with E-state index in [1.54, 1.807) is 0 Å². The van der Waals surface area contributed by atoms with Crippen molar-refractivity contribution in [3.63, 3.8) is 0 Å². The molecule has 0 aromatic heterocycles. The number of morpholine rings is 1. The van der Waals surface area contributed by atoms with E-state index in [-0.39, 0.29) is 30.7 Å². The summed E-state index contributed by atoms with van der Waals surface area (Å²) in [5.74, 6) is 0.836. The molecule has 4 heterocycles. The molecule has 29 heavy (non-hydrogen) atoms. The Labute approximate surface area is 171 Å². The minimum Gasteiger partial charge on any atom is -0.381 e. The molecule has 0 saturated carbocycles. The first-order valence-electron chi connectivity index (χ1n) is 10.8. The second-order valence-electron chi connectivity index (χ2n) is 8.72. The third kappa shape index (κ3) is 3.85. The van der Waals surface area contributed by atoms with Crippen LogP contribution in [0.3, 0.4) is 0 Å². The van der Waals surface area contributed by atoms with Gasteiger partial charge in [0.2, 0.25) is 5.91 Å². The standard InChI is InChI=1S/C22H29N3O4/c26-21-14-29-20-7-8-24(12-19(20)23-21)22(27)25-10-18(11-25)16-5-3-15(4-6-16)17-2-1-9-28-13-17/h3-6,17-20H,1-2,7-14H2,(H,23,26). The lowest BCUT2D eigenvalue weighted by atomic mass is 9.88. The van der Waals surface area contributed by atoms with Crippen LogP contribution in [0.25, 0.3) is 0 Å². The monoisotopic (exact) mass is 399 g/mol. The first kappa shape index (κ1) is 18.9. The van der Waals surface area contributed by atoms with Crippen LogP contribution < -0.4 is 5.32 Å². The molecule has 4 aliphatic rings. The number of ether oxygens (including phenoxy) is 2. The lowest BCUT2D eigenvalue weighted by Gasteiger charge is -2.46. The van der Waals surface area contributed by atoms with Gasteiger partial charge in [0.1, 0.15) is 6.61 Å². The number of likely N-dealkylation sites (tertiary alicyclic amines) is 2. The topological polar surface area (TPSA) is 71.1 Å². The molecule has 3 unspecified atom stereocenters. The van der Waals surface area contributed by atoms with Crippen molar-refractivity contribution in [2.24, 2.45) is 0 Å². The number of carbonyl (C=O) groups is 2. The van der Waals surface area contributed by atoms with Crippen LogP contribution in [0.4, 0.5) is 4.79 Å². The van der Waals surface area contributed by atoms with Gasteiger partial charge in [0.25, 0.3) is 0 Å². The van der Waals surface area contributed by atoms with Crippen LogP contribution in [0.2, 0.25) is 0 Å². The number of fused-ring (bicyclic) bond motifs is 1. The Balaban J connectivity index is 1.13. The summed E-state index contributed by atoms with van der Waals surface area (Å²) in [5.41, 5.74) is 2.67. The molecule has 4 aliphatic heterocycles. The van der Waals surface area contributed by atoms with Crippen molar-refractivity contribution in [1.29, 1.82) is 0 Å². The van der Waals surface area contributed by atoms with Gasteiger partial charge in [-0.15, -0.1) is 0 Å². The lowest BCUT2D eigenvalue weighted by molar-refractivity contribution is -0.139. The zero-order valence-electron chi connectivity index (χ0n) is 16.7. The Morgan fingerprint density at radius 1 is 1.00 bits per heavy atom. The number of hydrogen-bond donors (Lipinski definition) is 1. The highest BCUT2D eigenvalue weighted by molar-refractivity contribution is 5.79. The van der Waals surface area contributed by atoms with Crippen molar-refractivity contribution in [2.75, 3.05) is 46.0 Å². The largest absolute Gasteiger partial charge is 0.381 e. The van der Waals surface area contributed by atoms with Crippen molar-refractivity contribution < 1.29 is 19.1 Å². The number of hydrogen-bond acceptors (Lipinski definition) is 4.